The van der Waals surface area contributed by atoms with Crippen LogP contribution in [0.15, 0.2) is 30.3 Å². The molecule has 0 unspecified atom stereocenters. The topological polar surface area (TPSA) is 27.8 Å². The van der Waals surface area contributed by atoms with Crippen LogP contribution in [0.2, 0.25) is 0 Å². The van der Waals surface area contributed by atoms with Gasteiger partial charge in [-0.3, -0.25) is 0 Å². The van der Waals surface area contributed by atoms with Crippen molar-refractivity contribution in [1.82, 2.24) is 4.98 Å². The number of anilines is 1. The van der Waals surface area contributed by atoms with Gasteiger partial charge < -0.3 is 10.3 Å². The lowest BCUT2D eigenvalue weighted by molar-refractivity contribution is 0.966. The largest absolute Gasteiger partial charge is 0.385 e. The van der Waals surface area contributed by atoms with Crippen LogP contribution in [-0.4, -0.2) is 11.5 Å². The van der Waals surface area contributed by atoms with Crippen LogP contribution in [0.1, 0.15) is 40.4 Å². The molecule has 0 radical (unpaired) electrons. The second-order valence-electron chi connectivity index (χ2n) is 6.99. The van der Waals surface area contributed by atoms with Crippen LogP contribution < -0.4 is 5.32 Å². The number of aromatic amines is 1. The van der Waals surface area contributed by atoms with Crippen LogP contribution in [0.3, 0.4) is 0 Å². The van der Waals surface area contributed by atoms with E-state index in [1.54, 1.807) is 0 Å². The van der Waals surface area contributed by atoms with Gasteiger partial charge >= 0.3 is 0 Å². The summed E-state index contributed by atoms with van der Waals surface area (Å²) in [5.74, 6) is 0. The first-order valence-electron chi connectivity index (χ1n) is 8.90. The molecule has 0 amide bonds. The molecule has 0 bridgehead atoms. The van der Waals surface area contributed by atoms with Crippen LogP contribution in [0.5, 0.6) is 0 Å². The average molecular weight is 320 g/mol. The van der Waals surface area contributed by atoms with E-state index in [1.807, 2.05) is 0 Å². The molecule has 0 aliphatic heterocycles. The highest BCUT2D eigenvalue weighted by Crippen LogP contribution is 2.28. The van der Waals surface area contributed by atoms with Gasteiger partial charge in [-0.1, -0.05) is 19.1 Å². The van der Waals surface area contributed by atoms with Crippen LogP contribution in [0.4, 0.5) is 5.69 Å². The van der Waals surface area contributed by atoms with Gasteiger partial charge in [0, 0.05) is 28.8 Å². The number of rotatable bonds is 5. The summed E-state index contributed by atoms with van der Waals surface area (Å²) >= 11 is 0. The summed E-state index contributed by atoms with van der Waals surface area (Å²) in [6.45, 7) is 11.9. The number of hydrogen-bond acceptors (Lipinski definition) is 1. The highest BCUT2D eigenvalue weighted by Gasteiger charge is 2.12. The molecule has 3 aromatic rings. The quantitative estimate of drug-likeness (QED) is 0.627. The maximum Gasteiger partial charge on any atom is 0.0464 e. The van der Waals surface area contributed by atoms with E-state index in [9.17, 15) is 0 Å². The number of aromatic nitrogens is 1. The third-order valence-electron chi connectivity index (χ3n) is 4.71. The lowest BCUT2D eigenvalue weighted by Crippen LogP contribution is -2.06. The zero-order valence-corrected chi connectivity index (χ0v) is 15.5. The van der Waals surface area contributed by atoms with Crippen LogP contribution in [0, 0.1) is 27.7 Å². The number of H-pyrrole nitrogens is 1. The van der Waals surface area contributed by atoms with E-state index < -0.39 is 0 Å². The number of hydrogen-bond donors (Lipinski definition) is 2. The molecule has 3 rings (SSSR count). The molecule has 0 aliphatic rings. The fourth-order valence-corrected chi connectivity index (χ4v) is 3.84. The van der Waals surface area contributed by atoms with E-state index in [-0.39, 0.29) is 0 Å². The van der Waals surface area contributed by atoms with Gasteiger partial charge in [-0.05, 0) is 86.6 Å². The minimum atomic E-state index is 0.955. The predicted molar refractivity (Wildman–Crippen MR) is 105 cm³/mol. The second kappa shape index (κ2) is 6.72. The van der Waals surface area contributed by atoms with E-state index in [4.69, 9.17) is 0 Å². The Morgan fingerprint density at radius 3 is 2.21 bits per heavy atom. The molecular weight excluding hydrogens is 292 g/mol. The Bertz CT molecular complexity index is 851. The number of nitrogens with one attached hydrogen (secondary N) is 2. The molecule has 0 atom stereocenters. The fraction of sp³-hybridized carbons (Fsp3) is 0.364. The van der Waals surface area contributed by atoms with Crippen molar-refractivity contribution in [2.75, 3.05) is 11.9 Å². The lowest BCUT2D eigenvalue weighted by atomic mass is 10.0. The van der Waals surface area contributed by atoms with Gasteiger partial charge in [0.05, 0.1) is 0 Å². The minimum Gasteiger partial charge on any atom is -0.385 e. The molecule has 24 heavy (non-hydrogen) atoms. The minimum absolute atomic E-state index is 0.955. The zero-order chi connectivity index (χ0) is 17.3. The first-order chi connectivity index (χ1) is 11.5. The number of aryl methyl sites for hydroxylation is 5. The summed E-state index contributed by atoms with van der Waals surface area (Å²) in [7, 11) is 0. The van der Waals surface area contributed by atoms with Gasteiger partial charge in [-0.2, -0.15) is 0 Å². The number of benzene rings is 2. The van der Waals surface area contributed by atoms with Crippen molar-refractivity contribution in [3.05, 3.63) is 63.8 Å². The summed E-state index contributed by atoms with van der Waals surface area (Å²) < 4.78 is 0. The molecule has 0 fully saturated rings. The van der Waals surface area contributed by atoms with Crippen molar-refractivity contribution in [2.24, 2.45) is 0 Å². The van der Waals surface area contributed by atoms with Gasteiger partial charge in [-0.25, -0.2) is 0 Å². The second-order valence-corrected chi connectivity index (χ2v) is 6.99. The summed E-state index contributed by atoms with van der Waals surface area (Å²) in [4.78, 5) is 3.63. The van der Waals surface area contributed by atoms with Crippen molar-refractivity contribution in [1.29, 1.82) is 0 Å². The Balaban J connectivity index is 1.84. The van der Waals surface area contributed by atoms with Crippen molar-refractivity contribution >= 4 is 16.6 Å². The third kappa shape index (κ3) is 3.33. The van der Waals surface area contributed by atoms with Crippen molar-refractivity contribution < 1.29 is 0 Å². The Labute approximate surface area is 145 Å². The molecule has 0 spiro atoms. The monoisotopic (exact) mass is 320 g/mol. The van der Waals surface area contributed by atoms with Gasteiger partial charge in [0.15, 0.2) is 0 Å². The van der Waals surface area contributed by atoms with Crippen LogP contribution in [0.25, 0.3) is 10.9 Å². The molecule has 0 saturated heterocycles. The van der Waals surface area contributed by atoms with Crippen molar-refractivity contribution in [3.63, 3.8) is 0 Å². The smallest absolute Gasteiger partial charge is 0.0464 e. The summed E-state index contributed by atoms with van der Waals surface area (Å²) in [6.07, 6.45) is 2.09. The maximum atomic E-state index is 3.63. The molecule has 0 saturated carbocycles. The van der Waals surface area contributed by atoms with Gasteiger partial charge in [-0.15, -0.1) is 0 Å². The first kappa shape index (κ1) is 16.6. The molecule has 2 nitrogen and oxygen atoms in total. The van der Waals surface area contributed by atoms with Crippen LogP contribution >= 0.6 is 0 Å². The molecule has 0 aliphatic carbocycles. The maximum absolute atomic E-state index is 3.63. The van der Waals surface area contributed by atoms with Crippen LogP contribution in [-0.2, 0) is 12.8 Å². The third-order valence-corrected chi connectivity index (χ3v) is 4.71. The highest BCUT2D eigenvalue weighted by molar-refractivity contribution is 5.88. The van der Waals surface area contributed by atoms with Gasteiger partial charge in [0.1, 0.15) is 0 Å². The van der Waals surface area contributed by atoms with E-state index in [0.29, 0.717) is 0 Å². The zero-order valence-electron chi connectivity index (χ0n) is 15.5. The van der Waals surface area contributed by atoms with Gasteiger partial charge in [0.2, 0.25) is 0 Å². The van der Waals surface area contributed by atoms with E-state index >= 15 is 0 Å². The average Bonchev–Trinajstić information content (AvgIpc) is 2.84. The Morgan fingerprint density at radius 1 is 0.875 bits per heavy atom. The molecule has 2 heteroatoms. The molecule has 2 aromatic carbocycles. The highest BCUT2D eigenvalue weighted by atomic mass is 14.9. The standard InChI is InChI=1S/C22H28N2/c1-6-20-19(22-17(5)10-16(4)13-21(22)24-20)7-8-23-18-11-14(2)9-15(3)12-18/h9-13,23-24H,6-8H2,1-5H3. The molecule has 1 aromatic heterocycles. The fourth-order valence-electron chi connectivity index (χ4n) is 3.84. The predicted octanol–water partition coefficient (Wildman–Crippen LogP) is 5.62. The summed E-state index contributed by atoms with van der Waals surface area (Å²) in [5.41, 5.74) is 10.7. The first-order valence-corrected chi connectivity index (χ1v) is 8.90. The molecule has 1 heterocycles. The summed E-state index contributed by atoms with van der Waals surface area (Å²) in [6, 6.07) is 11.2. The number of fused-ring (bicyclic) bond motifs is 1. The summed E-state index contributed by atoms with van der Waals surface area (Å²) in [5, 5.41) is 5.01. The molecule has 2 N–H and O–H groups in total. The Kier molecular flexibility index (Phi) is 4.66. The Hall–Kier alpha value is -2.22. The Morgan fingerprint density at radius 2 is 1.54 bits per heavy atom. The van der Waals surface area contributed by atoms with E-state index in [2.05, 4.69) is 75.3 Å². The van der Waals surface area contributed by atoms with E-state index in [0.717, 1.165) is 19.4 Å². The molecular formula is C22H28N2. The lowest BCUT2D eigenvalue weighted by Gasteiger charge is -2.10. The van der Waals surface area contributed by atoms with E-state index in [1.165, 1.54) is 50.1 Å². The normalized spacial score (nSPS) is 11.2. The molecule has 126 valence electrons. The van der Waals surface area contributed by atoms with Crippen molar-refractivity contribution in [3.8, 4) is 0 Å². The van der Waals surface area contributed by atoms with Gasteiger partial charge in [0.25, 0.3) is 0 Å². The van der Waals surface area contributed by atoms with Crippen molar-refractivity contribution in [2.45, 2.75) is 47.5 Å². The SMILES string of the molecule is CCc1[nH]c2cc(C)cc(C)c2c1CCNc1cc(C)cc(C)c1.